The van der Waals surface area contributed by atoms with Crippen LogP contribution in [0.5, 0.6) is 0 Å². The molecular weight excluding hydrogens is 323 g/mol. The number of nitrogens with zero attached hydrogens (tertiary/aromatic N) is 4. The summed E-state index contributed by atoms with van der Waals surface area (Å²) >= 11 is 0. The maximum absolute atomic E-state index is 13.0. The third-order valence-electron chi connectivity index (χ3n) is 4.20. The third-order valence-corrected chi connectivity index (χ3v) is 4.20. The van der Waals surface area contributed by atoms with Crippen molar-refractivity contribution in [3.8, 4) is 0 Å². The number of benzene rings is 1. The van der Waals surface area contributed by atoms with Crippen molar-refractivity contribution >= 4 is 11.6 Å². The standard InChI is InChI=1S/C15H16F3N5O/c1-22-8-20-21-13(22)11-6-3-7-23(11)14(24)9-4-2-5-10(12(9)19)15(16,17)18/h2,4-5,8,11H,3,6-7,19H2,1H3. The number of nitrogen functional groups attached to an aromatic ring is 1. The molecule has 1 aliphatic rings. The van der Waals surface area contributed by atoms with Crippen LogP contribution in [0.2, 0.25) is 0 Å². The van der Waals surface area contributed by atoms with Gasteiger partial charge in [-0.15, -0.1) is 10.2 Å². The summed E-state index contributed by atoms with van der Waals surface area (Å²) in [4.78, 5) is 14.3. The smallest absolute Gasteiger partial charge is 0.398 e. The van der Waals surface area contributed by atoms with Crippen LogP contribution in [-0.2, 0) is 13.2 Å². The minimum absolute atomic E-state index is 0.140. The highest BCUT2D eigenvalue weighted by molar-refractivity contribution is 6.00. The maximum atomic E-state index is 13.0. The van der Waals surface area contributed by atoms with Crippen LogP contribution in [0, 0.1) is 0 Å². The quantitative estimate of drug-likeness (QED) is 0.853. The molecule has 128 valence electrons. The Balaban J connectivity index is 1.96. The molecule has 1 atom stereocenters. The average molecular weight is 339 g/mol. The normalized spacial score (nSPS) is 18.2. The van der Waals surface area contributed by atoms with Crippen molar-refractivity contribution in [2.24, 2.45) is 7.05 Å². The molecule has 1 unspecified atom stereocenters. The summed E-state index contributed by atoms with van der Waals surface area (Å²) < 4.78 is 40.7. The SMILES string of the molecule is Cn1cnnc1C1CCCN1C(=O)c1cccc(C(F)(F)F)c1N. The van der Waals surface area contributed by atoms with Crippen LogP contribution in [0.25, 0.3) is 0 Å². The maximum Gasteiger partial charge on any atom is 0.418 e. The second-order valence-corrected chi connectivity index (χ2v) is 5.72. The van der Waals surface area contributed by atoms with Crippen LogP contribution in [0.15, 0.2) is 24.5 Å². The van der Waals surface area contributed by atoms with Gasteiger partial charge in [0.1, 0.15) is 6.33 Å². The van der Waals surface area contributed by atoms with Gasteiger partial charge in [0, 0.05) is 13.6 Å². The van der Waals surface area contributed by atoms with E-state index in [-0.39, 0.29) is 11.6 Å². The fourth-order valence-corrected chi connectivity index (χ4v) is 3.03. The van der Waals surface area contributed by atoms with Crippen molar-refractivity contribution < 1.29 is 18.0 Å². The summed E-state index contributed by atoms with van der Waals surface area (Å²) in [6, 6.07) is 3.06. The molecule has 1 saturated heterocycles. The van der Waals surface area contributed by atoms with Gasteiger partial charge >= 0.3 is 6.18 Å². The molecule has 3 rings (SSSR count). The Morgan fingerprint density at radius 1 is 1.38 bits per heavy atom. The zero-order valence-electron chi connectivity index (χ0n) is 12.9. The first kappa shape index (κ1) is 16.3. The summed E-state index contributed by atoms with van der Waals surface area (Å²) in [5.41, 5.74) is 3.95. The van der Waals surface area contributed by atoms with Crippen molar-refractivity contribution in [2.75, 3.05) is 12.3 Å². The Morgan fingerprint density at radius 2 is 2.12 bits per heavy atom. The lowest BCUT2D eigenvalue weighted by molar-refractivity contribution is -0.136. The van der Waals surface area contributed by atoms with Crippen LogP contribution in [0.3, 0.4) is 0 Å². The predicted molar refractivity (Wildman–Crippen MR) is 79.9 cm³/mol. The van der Waals surface area contributed by atoms with Gasteiger partial charge in [-0.2, -0.15) is 13.2 Å². The summed E-state index contributed by atoms with van der Waals surface area (Å²) in [5.74, 6) is 0.0792. The first-order valence-electron chi connectivity index (χ1n) is 7.41. The Bertz CT molecular complexity index is 771. The molecule has 1 aliphatic heterocycles. The highest BCUT2D eigenvalue weighted by Crippen LogP contribution is 2.37. The van der Waals surface area contributed by atoms with Crippen molar-refractivity contribution in [1.82, 2.24) is 19.7 Å². The van der Waals surface area contributed by atoms with E-state index >= 15 is 0 Å². The van der Waals surface area contributed by atoms with E-state index in [9.17, 15) is 18.0 Å². The number of para-hydroxylation sites is 1. The summed E-state index contributed by atoms with van der Waals surface area (Å²) in [5, 5.41) is 7.81. The second-order valence-electron chi connectivity index (χ2n) is 5.72. The van der Waals surface area contributed by atoms with E-state index in [1.54, 1.807) is 11.6 Å². The van der Waals surface area contributed by atoms with Gasteiger partial charge < -0.3 is 15.2 Å². The van der Waals surface area contributed by atoms with Crippen molar-refractivity contribution in [3.63, 3.8) is 0 Å². The number of aromatic nitrogens is 3. The second kappa shape index (κ2) is 5.81. The van der Waals surface area contributed by atoms with Gasteiger partial charge in [0.25, 0.3) is 5.91 Å². The zero-order chi connectivity index (χ0) is 17.5. The van der Waals surface area contributed by atoms with Crippen LogP contribution in [0.1, 0.15) is 40.6 Å². The molecule has 1 aromatic heterocycles. The number of alkyl halides is 3. The molecule has 1 aromatic carbocycles. The predicted octanol–water partition coefficient (Wildman–Crippen LogP) is 2.39. The van der Waals surface area contributed by atoms with E-state index in [1.165, 1.54) is 23.4 Å². The van der Waals surface area contributed by atoms with E-state index in [4.69, 9.17) is 5.73 Å². The van der Waals surface area contributed by atoms with Gasteiger partial charge in [-0.1, -0.05) is 6.07 Å². The summed E-state index contributed by atoms with van der Waals surface area (Å²) in [6.07, 6.45) is -1.66. The molecule has 0 radical (unpaired) electrons. The number of nitrogens with two attached hydrogens (primary N) is 1. The number of likely N-dealkylation sites (tertiary alicyclic amines) is 1. The number of hydrogen-bond donors (Lipinski definition) is 1. The summed E-state index contributed by atoms with van der Waals surface area (Å²) in [7, 11) is 1.76. The van der Waals surface area contributed by atoms with Crippen LogP contribution >= 0.6 is 0 Å². The minimum atomic E-state index is -4.60. The number of carbonyl (C=O) groups excluding carboxylic acids is 1. The topological polar surface area (TPSA) is 77.0 Å². The Kier molecular flexibility index (Phi) is 3.94. The van der Waals surface area contributed by atoms with Crippen LogP contribution < -0.4 is 5.73 Å². The van der Waals surface area contributed by atoms with Crippen LogP contribution in [0.4, 0.5) is 18.9 Å². The number of rotatable bonds is 2. The third kappa shape index (κ3) is 2.70. The first-order chi connectivity index (χ1) is 11.3. The minimum Gasteiger partial charge on any atom is -0.398 e. The van der Waals surface area contributed by atoms with E-state index < -0.39 is 23.3 Å². The number of anilines is 1. The van der Waals surface area contributed by atoms with E-state index in [0.29, 0.717) is 18.8 Å². The molecule has 2 heterocycles. The molecule has 0 bridgehead atoms. The van der Waals surface area contributed by atoms with E-state index in [1.807, 2.05) is 0 Å². The molecule has 0 aliphatic carbocycles. The Hall–Kier alpha value is -2.58. The largest absolute Gasteiger partial charge is 0.418 e. The zero-order valence-corrected chi connectivity index (χ0v) is 12.9. The van der Waals surface area contributed by atoms with Crippen molar-refractivity contribution in [2.45, 2.75) is 25.1 Å². The number of hydrogen-bond acceptors (Lipinski definition) is 4. The molecule has 0 spiro atoms. The van der Waals surface area contributed by atoms with Gasteiger partial charge in [-0.05, 0) is 25.0 Å². The van der Waals surface area contributed by atoms with Gasteiger partial charge in [-0.25, -0.2) is 0 Å². The highest BCUT2D eigenvalue weighted by Gasteiger charge is 2.37. The fraction of sp³-hybridized carbons (Fsp3) is 0.400. The van der Waals surface area contributed by atoms with Gasteiger partial charge in [0.05, 0.1) is 22.9 Å². The molecule has 2 aromatic rings. The molecular formula is C15H16F3N5O. The molecule has 1 fully saturated rings. The Labute approximate surface area is 136 Å². The Morgan fingerprint density at radius 3 is 2.75 bits per heavy atom. The number of halogens is 3. The first-order valence-corrected chi connectivity index (χ1v) is 7.41. The molecule has 0 saturated carbocycles. The average Bonchev–Trinajstić information content (AvgIpc) is 3.13. The molecule has 9 heteroatoms. The lowest BCUT2D eigenvalue weighted by Gasteiger charge is -2.25. The van der Waals surface area contributed by atoms with Crippen molar-refractivity contribution in [3.05, 3.63) is 41.5 Å². The van der Waals surface area contributed by atoms with Gasteiger partial charge in [0.2, 0.25) is 0 Å². The van der Waals surface area contributed by atoms with E-state index in [0.717, 1.165) is 12.5 Å². The lowest BCUT2D eigenvalue weighted by atomic mass is 10.1. The number of aryl methyl sites for hydroxylation is 1. The monoisotopic (exact) mass is 339 g/mol. The fourth-order valence-electron chi connectivity index (χ4n) is 3.03. The van der Waals surface area contributed by atoms with Crippen molar-refractivity contribution in [1.29, 1.82) is 0 Å². The number of amides is 1. The van der Waals surface area contributed by atoms with Crippen LogP contribution in [-0.4, -0.2) is 32.1 Å². The summed E-state index contributed by atoms with van der Waals surface area (Å²) in [6.45, 7) is 0.437. The van der Waals surface area contributed by atoms with E-state index in [2.05, 4.69) is 10.2 Å². The molecule has 6 nitrogen and oxygen atoms in total. The lowest BCUT2D eigenvalue weighted by Crippen LogP contribution is -2.32. The van der Waals surface area contributed by atoms with Gasteiger partial charge in [0.15, 0.2) is 5.82 Å². The molecule has 24 heavy (non-hydrogen) atoms. The van der Waals surface area contributed by atoms with Gasteiger partial charge in [-0.3, -0.25) is 4.79 Å². The molecule has 1 amide bonds. The molecule has 2 N–H and O–H groups in total. The highest BCUT2D eigenvalue weighted by atomic mass is 19.4. The number of carbonyl (C=O) groups is 1.